The van der Waals surface area contributed by atoms with Gasteiger partial charge in [0.25, 0.3) is 0 Å². The number of methoxy groups -OCH3 is 1. The molecule has 3 rings (SSSR count). The number of hydrogen-bond acceptors (Lipinski definition) is 3. The van der Waals surface area contributed by atoms with E-state index in [0.29, 0.717) is 0 Å². The first-order valence-electron chi connectivity index (χ1n) is 6.07. The Kier molecular flexibility index (Phi) is 2.90. The fourth-order valence-electron chi connectivity index (χ4n) is 2.24. The van der Waals surface area contributed by atoms with Crippen molar-refractivity contribution in [1.82, 2.24) is 5.01 Å². The van der Waals surface area contributed by atoms with E-state index >= 15 is 0 Å². The van der Waals surface area contributed by atoms with E-state index in [0.717, 1.165) is 24.5 Å². The Morgan fingerprint density at radius 2 is 2.00 bits per heavy atom. The Labute approximate surface area is 107 Å². The average molecular weight is 240 g/mol. The topological polar surface area (TPSA) is 24.5 Å². The summed E-state index contributed by atoms with van der Waals surface area (Å²) in [6.45, 7) is 1.83. The van der Waals surface area contributed by atoms with Crippen LogP contribution in [0.5, 0.6) is 5.75 Å². The third kappa shape index (κ3) is 2.17. The van der Waals surface area contributed by atoms with Crippen molar-refractivity contribution >= 4 is 5.69 Å². The second-order valence-electron chi connectivity index (χ2n) is 4.48. The van der Waals surface area contributed by atoms with E-state index < -0.39 is 0 Å². The molecule has 1 aliphatic rings. The van der Waals surface area contributed by atoms with Gasteiger partial charge in [-0.1, -0.05) is 36.4 Å². The molecule has 0 radical (unpaired) electrons. The molecule has 0 bridgehead atoms. The molecule has 3 heteroatoms. The molecule has 0 atom stereocenters. The summed E-state index contributed by atoms with van der Waals surface area (Å²) in [4.78, 5) is 0. The Hall–Kier alpha value is -2.00. The molecule has 1 heterocycles. The van der Waals surface area contributed by atoms with Gasteiger partial charge in [0.15, 0.2) is 0 Å². The molecule has 0 spiro atoms. The van der Waals surface area contributed by atoms with Crippen molar-refractivity contribution in [2.75, 3.05) is 12.5 Å². The quantitative estimate of drug-likeness (QED) is 0.892. The van der Waals surface area contributed by atoms with Gasteiger partial charge in [0, 0.05) is 19.2 Å². The monoisotopic (exact) mass is 240 g/mol. The van der Waals surface area contributed by atoms with Gasteiger partial charge in [-0.2, -0.15) is 0 Å². The zero-order valence-electron chi connectivity index (χ0n) is 10.4. The van der Waals surface area contributed by atoms with Crippen LogP contribution >= 0.6 is 0 Å². The van der Waals surface area contributed by atoms with Crippen molar-refractivity contribution < 1.29 is 4.74 Å². The minimum atomic E-state index is 0.891. The zero-order valence-corrected chi connectivity index (χ0v) is 10.4. The van der Waals surface area contributed by atoms with Gasteiger partial charge >= 0.3 is 0 Å². The summed E-state index contributed by atoms with van der Waals surface area (Å²) in [7, 11) is 1.69. The van der Waals surface area contributed by atoms with E-state index in [1.165, 1.54) is 11.1 Å². The van der Waals surface area contributed by atoms with Gasteiger partial charge in [0.05, 0.1) is 12.8 Å². The summed E-state index contributed by atoms with van der Waals surface area (Å²) in [6, 6.07) is 16.6. The lowest BCUT2D eigenvalue weighted by Crippen LogP contribution is -2.22. The fourth-order valence-corrected chi connectivity index (χ4v) is 2.24. The summed E-state index contributed by atoms with van der Waals surface area (Å²) in [6.07, 6.45) is 0. The maximum Gasteiger partial charge on any atom is 0.120 e. The molecule has 0 amide bonds. The van der Waals surface area contributed by atoms with Crippen LogP contribution in [0.2, 0.25) is 0 Å². The molecule has 1 aliphatic heterocycles. The predicted octanol–water partition coefficient (Wildman–Crippen LogP) is 3.04. The Balaban J connectivity index is 1.73. The van der Waals surface area contributed by atoms with Crippen LogP contribution in [0.15, 0.2) is 48.5 Å². The SMILES string of the molecule is COc1ccc2c(c1)NN(Cc1ccccc1)C2. The van der Waals surface area contributed by atoms with Gasteiger partial charge < -0.3 is 10.2 Å². The van der Waals surface area contributed by atoms with Crippen LogP contribution in [-0.4, -0.2) is 12.1 Å². The number of ether oxygens (including phenoxy) is 1. The number of rotatable bonds is 3. The van der Waals surface area contributed by atoms with Crippen LogP contribution in [-0.2, 0) is 13.1 Å². The number of hydrogen-bond donors (Lipinski definition) is 1. The van der Waals surface area contributed by atoms with Crippen molar-refractivity contribution in [3.8, 4) is 5.75 Å². The highest BCUT2D eigenvalue weighted by Gasteiger charge is 2.18. The van der Waals surface area contributed by atoms with E-state index in [9.17, 15) is 0 Å². The highest BCUT2D eigenvalue weighted by Crippen LogP contribution is 2.29. The van der Waals surface area contributed by atoms with Crippen LogP contribution < -0.4 is 10.2 Å². The molecule has 1 N–H and O–H groups in total. The standard InChI is InChI=1S/C15H16N2O/c1-18-14-8-7-13-11-17(16-15(13)9-14)10-12-5-3-2-4-6-12/h2-9,16H,10-11H2,1H3. The first-order chi connectivity index (χ1) is 8.85. The third-order valence-electron chi connectivity index (χ3n) is 3.17. The van der Waals surface area contributed by atoms with Crippen molar-refractivity contribution in [2.24, 2.45) is 0 Å². The third-order valence-corrected chi connectivity index (χ3v) is 3.17. The molecule has 0 unspecified atom stereocenters. The van der Waals surface area contributed by atoms with Gasteiger partial charge in [0.2, 0.25) is 0 Å². The maximum atomic E-state index is 5.23. The highest BCUT2D eigenvalue weighted by atomic mass is 16.5. The van der Waals surface area contributed by atoms with Crippen molar-refractivity contribution in [3.63, 3.8) is 0 Å². The van der Waals surface area contributed by atoms with Crippen LogP contribution in [0.25, 0.3) is 0 Å². The van der Waals surface area contributed by atoms with Crippen LogP contribution in [0.4, 0.5) is 5.69 Å². The average Bonchev–Trinajstić information content (AvgIpc) is 2.80. The number of anilines is 1. The first-order valence-corrected chi connectivity index (χ1v) is 6.07. The lowest BCUT2D eigenvalue weighted by atomic mass is 10.2. The van der Waals surface area contributed by atoms with Crippen LogP contribution in [0.3, 0.4) is 0 Å². The number of nitrogens with one attached hydrogen (secondary N) is 1. The molecule has 0 fully saturated rings. The number of fused-ring (bicyclic) bond motifs is 1. The Morgan fingerprint density at radius 1 is 1.17 bits per heavy atom. The van der Waals surface area contributed by atoms with E-state index in [-0.39, 0.29) is 0 Å². The number of benzene rings is 2. The minimum absolute atomic E-state index is 0.891. The Morgan fingerprint density at radius 3 is 2.78 bits per heavy atom. The number of hydrazine groups is 1. The van der Waals surface area contributed by atoms with Crippen LogP contribution in [0, 0.1) is 0 Å². The van der Waals surface area contributed by atoms with Crippen molar-refractivity contribution in [3.05, 3.63) is 59.7 Å². The lowest BCUT2D eigenvalue weighted by Gasteiger charge is -2.15. The Bertz CT molecular complexity index is 539. The molecular weight excluding hydrogens is 224 g/mol. The molecule has 2 aromatic rings. The van der Waals surface area contributed by atoms with Gasteiger partial charge in [0.1, 0.15) is 5.75 Å². The van der Waals surface area contributed by atoms with Crippen LogP contribution in [0.1, 0.15) is 11.1 Å². The molecule has 0 saturated heterocycles. The van der Waals surface area contributed by atoms with Crippen molar-refractivity contribution in [2.45, 2.75) is 13.1 Å². The second kappa shape index (κ2) is 4.70. The normalized spacial score (nSPS) is 14.1. The molecule has 0 aromatic heterocycles. The minimum Gasteiger partial charge on any atom is -0.497 e. The maximum absolute atomic E-state index is 5.23. The summed E-state index contributed by atoms with van der Waals surface area (Å²) >= 11 is 0. The van der Waals surface area contributed by atoms with E-state index in [1.54, 1.807) is 7.11 Å². The largest absolute Gasteiger partial charge is 0.497 e. The summed E-state index contributed by atoms with van der Waals surface area (Å²) in [5.74, 6) is 0.891. The van der Waals surface area contributed by atoms with E-state index in [1.807, 2.05) is 18.2 Å². The molecule has 0 saturated carbocycles. The van der Waals surface area contributed by atoms with Crippen molar-refractivity contribution in [1.29, 1.82) is 0 Å². The van der Waals surface area contributed by atoms with Gasteiger partial charge in [-0.05, 0) is 17.2 Å². The molecule has 0 aliphatic carbocycles. The molecule has 2 aromatic carbocycles. The second-order valence-corrected chi connectivity index (χ2v) is 4.48. The first kappa shape index (κ1) is 11.1. The number of nitrogens with zero attached hydrogens (tertiary/aromatic N) is 1. The van der Waals surface area contributed by atoms with E-state index in [2.05, 4.69) is 40.8 Å². The predicted molar refractivity (Wildman–Crippen MR) is 72.3 cm³/mol. The zero-order chi connectivity index (χ0) is 12.4. The summed E-state index contributed by atoms with van der Waals surface area (Å²) < 4.78 is 5.23. The smallest absolute Gasteiger partial charge is 0.120 e. The van der Waals surface area contributed by atoms with Gasteiger partial charge in [-0.25, -0.2) is 5.01 Å². The highest BCUT2D eigenvalue weighted by molar-refractivity contribution is 5.57. The fraction of sp³-hybridized carbons (Fsp3) is 0.200. The lowest BCUT2D eigenvalue weighted by molar-refractivity contribution is 0.335. The molecule has 3 nitrogen and oxygen atoms in total. The summed E-state index contributed by atoms with van der Waals surface area (Å²) in [5.41, 5.74) is 7.18. The molecule has 92 valence electrons. The van der Waals surface area contributed by atoms with Gasteiger partial charge in [-0.15, -0.1) is 0 Å². The molecule has 18 heavy (non-hydrogen) atoms. The summed E-state index contributed by atoms with van der Waals surface area (Å²) in [5, 5.41) is 2.21. The van der Waals surface area contributed by atoms with E-state index in [4.69, 9.17) is 4.74 Å². The van der Waals surface area contributed by atoms with Gasteiger partial charge in [-0.3, -0.25) is 0 Å². The molecular formula is C15H16N2O.